The highest BCUT2D eigenvalue weighted by atomic mass is 35.5. The van der Waals surface area contributed by atoms with Gasteiger partial charge in [0, 0.05) is 42.5 Å². The van der Waals surface area contributed by atoms with Gasteiger partial charge in [-0.3, -0.25) is 9.79 Å². The van der Waals surface area contributed by atoms with Gasteiger partial charge in [0.05, 0.1) is 18.7 Å². The first kappa shape index (κ1) is 36.4. The molecule has 1 saturated carbocycles. The maximum atomic E-state index is 13.2. The number of fused-ring (bicyclic) bond motifs is 1. The van der Waals surface area contributed by atoms with Crippen LogP contribution in [0.4, 0.5) is 17.2 Å². The Bertz CT molecular complexity index is 1580. The highest BCUT2D eigenvalue weighted by Gasteiger charge is 2.27. The van der Waals surface area contributed by atoms with Crippen LogP contribution in [-0.4, -0.2) is 55.0 Å². The molecule has 0 bridgehead atoms. The van der Waals surface area contributed by atoms with E-state index in [2.05, 4.69) is 15.6 Å². The van der Waals surface area contributed by atoms with E-state index in [0.717, 1.165) is 47.9 Å². The van der Waals surface area contributed by atoms with Gasteiger partial charge < -0.3 is 26.0 Å². The molecule has 4 aromatic rings. The number of rotatable bonds is 8. The van der Waals surface area contributed by atoms with Crippen LogP contribution in [0.3, 0.4) is 0 Å². The lowest BCUT2D eigenvalue weighted by atomic mass is 9.90. The van der Waals surface area contributed by atoms with Crippen molar-refractivity contribution in [3.8, 4) is 5.75 Å². The summed E-state index contributed by atoms with van der Waals surface area (Å²) in [4.78, 5) is 29.6. The molecule has 5 rings (SSSR count). The Morgan fingerprint density at radius 1 is 0.977 bits per heavy atom. The van der Waals surface area contributed by atoms with E-state index >= 15 is 0 Å². The predicted octanol–water partition coefficient (Wildman–Crippen LogP) is 6.66. The number of nitrogens with one attached hydrogen (secondary N) is 2. The van der Waals surface area contributed by atoms with E-state index in [9.17, 15) is 4.79 Å². The maximum absolute atomic E-state index is 13.2. The summed E-state index contributed by atoms with van der Waals surface area (Å²) in [6, 6.07) is 21.1. The molecule has 1 aliphatic rings. The van der Waals surface area contributed by atoms with Crippen LogP contribution < -0.4 is 26.0 Å². The lowest BCUT2D eigenvalue weighted by Crippen LogP contribution is -2.37. The van der Waals surface area contributed by atoms with Crippen LogP contribution in [-0.2, 0) is 0 Å². The van der Waals surface area contributed by atoms with Gasteiger partial charge in [-0.25, -0.2) is 9.97 Å². The molecule has 0 spiro atoms. The van der Waals surface area contributed by atoms with E-state index in [-0.39, 0.29) is 61.0 Å². The number of hydrogen-bond donors (Lipinski definition) is 3. The second kappa shape index (κ2) is 16.3. The topological polar surface area (TPSA) is 118 Å². The number of ether oxygens (including phenoxy) is 1. The van der Waals surface area contributed by atoms with Crippen molar-refractivity contribution in [2.75, 3.05) is 36.7 Å². The molecular formula is C32H40Cl3N7O2. The van der Waals surface area contributed by atoms with Crippen molar-refractivity contribution in [2.45, 2.75) is 44.7 Å². The molecule has 9 nitrogen and oxygen atoms in total. The number of nitrogens with zero attached hydrogens (tertiary/aromatic N) is 4. The lowest BCUT2D eigenvalue weighted by molar-refractivity contribution is 0.101. The SMILES string of the molecule is COc1ccc(NC(=O)c2nc(N[C@H]3CCCC[C@H]3N=C(N)c3ccccc3N(C)C)c3cc(C)ccc3n2)cc1.Cl.Cl.Cl. The molecule has 1 aromatic heterocycles. The van der Waals surface area contributed by atoms with Crippen LogP contribution in [0.25, 0.3) is 10.9 Å². The summed E-state index contributed by atoms with van der Waals surface area (Å²) < 4.78 is 5.21. The van der Waals surface area contributed by atoms with Crippen molar-refractivity contribution in [1.82, 2.24) is 9.97 Å². The second-order valence-electron chi connectivity index (χ2n) is 10.6. The van der Waals surface area contributed by atoms with Crippen molar-refractivity contribution in [1.29, 1.82) is 0 Å². The molecule has 236 valence electrons. The fourth-order valence-electron chi connectivity index (χ4n) is 5.25. The minimum atomic E-state index is -0.386. The minimum Gasteiger partial charge on any atom is -0.497 e. The number of aromatic nitrogens is 2. The Morgan fingerprint density at radius 2 is 1.68 bits per heavy atom. The number of para-hydroxylation sites is 1. The summed E-state index contributed by atoms with van der Waals surface area (Å²) in [6.45, 7) is 2.03. The number of carbonyl (C=O) groups excluding carboxylic acids is 1. The van der Waals surface area contributed by atoms with Crippen LogP contribution in [0, 0.1) is 6.92 Å². The molecule has 0 radical (unpaired) electrons. The van der Waals surface area contributed by atoms with Crippen molar-refractivity contribution >= 4 is 77.1 Å². The Kier molecular flexibility index (Phi) is 13.5. The third kappa shape index (κ3) is 8.43. The van der Waals surface area contributed by atoms with E-state index in [1.807, 2.05) is 68.4 Å². The normalized spacial score (nSPS) is 16.0. The molecule has 44 heavy (non-hydrogen) atoms. The van der Waals surface area contributed by atoms with Crippen LogP contribution in [0.15, 0.2) is 71.7 Å². The summed E-state index contributed by atoms with van der Waals surface area (Å²) in [6.07, 6.45) is 3.98. The number of aliphatic imine (C=N–C) groups is 1. The third-order valence-electron chi connectivity index (χ3n) is 7.42. The number of aryl methyl sites for hydroxylation is 1. The van der Waals surface area contributed by atoms with E-state index in [4.69, 9.17) is 20.4 Å². The molecule has 3 aromatic carbocycles. The minimum absolute atomic E-state index is 0. The largest absolute Gasteiger partial charge is 0.497 e. The first-order valence-corrected chi connectivity index (χ1v) is 13.9. The van der Waals surface area contributed by atoms with Crippen molar-refractivity contribution in [3.63, 3.8) is 0 Å². The number of hydrogen-bond acceptors (Lipinski definition) is 7. The molecular weight excluding hydrogens is 621 g/mol. The van der Waals surface area contributed by atoms with Crippen molar-refractivity contribution < 1.29 is 9.53 Å². The lowest BCUT2D eigenvalue weighted by Gasteiger charge is -2.31. The molecule has 0 unspecified atom stereocenters. The van der Waals surface area contributed by atoms with Gasteiger partial charge in [-0.15, -0.1) is 37.2 Å². The van der Waals surface area contributed by atoms with E-state index in [1.54, 1.807) is 31.4 Å². The summed E-state index contributed by atoms with van der Waals surface area (Å²) >= 11 is 0. The number of carbonyl (C=O) groups is 1. The molecule has 1 aliphatic carbocycles. The molecule has 12 heteroatoms. The smallest absolute Gasteiger partial charge is 0.293 e. The standard InChI is InChI=1S/C32H37N7O2.3ClH/c1-20-13-18-25-24(19-20)30(38-31(36-25)32(40)34-21-14-16-22(41-4)17-15-21)37-27-11-7-6-10-26(27)35-29(33)23-9-5-8-12-28(23)39(2)3;;;/h5,8-9,12-19,26-27H,6-7,10-11H2,1-4H3,(H2,33,35)(H,34,40)(H,36,37,38);3*1H/t26-,27+;;;/m1.../s1. The molecule has 1 amide bonds. The van der Waals surface area contributed by atoms with Gasteiger partial charge in [0.15, 0.2) is 0 Å². The molecule has 0 aliphatic heterocycles. The maximum Gasteiger partial charge on any atom is 0.293 e. The van der Waals surface area contributed by atoms with Crippen LogP contribution in [0.5, 0.6) is 5.75 Å². The zero-order valence-electron chi connectivity index (χ0n) is 25.2. The Hall–Kier alpha value is -3.79. The van der Waals surface area contributed by atoms with E-state index < -0.39 is 0 Å². The zero-order valence-corrected chi connectivity index (χ0v) is 27.7. The number of halogens is 3. The predicted molar refractivity (Wildman–Crippen MR) is 188 cm³/mol. The van der Waals surface area contributed by atoms with E-state index in [0.29, 0.717) is 28.6 Å². The molecule has 1 fully saturated rings. The Morgan fingerprint density at radius 3 is 2.39 bits per heavy atom. The summed E-state index contributed by atoms with van der Waals surface area (Å²) in [5.74, 6) is 1.56. The quantitative estimate of drug-likeness (QED) is 0.143. The van der Waals surface area contributed by atoms with E-state index in [1.165, 1.54) is 0 Å². The van der Waals surface area contributed by atoms with Crippen LogP contribution in [0.1, 0.15) is 47.4 Å². The van der Waals surface area contributed by atoms with Gasteiger partial charge in [-0.1, -0.05) is 36.6 Å². The van der Waals surface area contributed by atoms with Crippen LogP contribution >= 0.6 is 37.2 Å². The number of amidine groups is 1. The number of amides is 1. The highest BCUT2D eigenvalue weighted by Crippen LogP contribution is 2.29. The Labute approximate surface area is 277 Å². The summed E-state index contributed by atoms with van der Waals surface area (Å²) in [7, 11) is 5.61. The third-order valence-corrected chi connectivity index (χ3v) is 7.42. The molecule has 2 atom stereocenters. The second-order valence-corrected chi connectivity index (χ2v) is 10.6. The number of methoxy groups -OCH3 is 1. The van der Waals surface area contributed by atoms with Gasteiger partial charge in [-0.2, -0.15) is 0 Å². The molecule has 1 heterocycles. The zero-order chi connectivity index (χ0) is 28.9. The van der Waals surface area contributed by atoms with Gasteiger partial charge in [-0.05, 0) is 68.3 Å². The van der Waals surface area contributed by atoms with Gasteiger partial charge in [0.25, 0.3) is 5.91 Å². The summed E-state index contributed by atoms with van der Waals surface area (Å²) in [5.41, 5.74) is 11.0. The summed E-state index contributed by atoms with van der Waals surface area (Å²) in [5, 5.41) is 7.41. The fourth-order valence-corrected chi connectivity index (χ4v) is 5.25. The highest BCUT2D eigenvalue weighted by molar-refractivity contribution is 6.04. The van der Waals surface area contributed by atoms with Gasteiger partial charge >= 0.3 is 0 Å². The number of nitrogens with two attached hydrogens (primary N) is 1. The number of anilines is 3. The van der Waals surface area contributed by atoms with Crippen molar-refractivity contribution in [2.24, 2.45) is 10.7 Å². The number of benzene rings is 3. The fraction of sp³-hybridized carbons (Fsp3) is 0.312. The Balaban J connectivity index is 0.00000225. The first-order valence-electron chi connectivity index (χ1n) is 13.9. The molecule has 4 N–H and O–H groups in total. The van der Waals surface area contributed by atoms with Crippen LogP contribution in [0.2, 0.25) is 0 Å². The van der Waals surface area contributed by atoms with Gasteiger partial charge in [0.2, 0.25) is 5.82 Å². The van der Waals surface area contributed by atoms with Gasteiger partial charge in [0.1, 0.15) is 17.4 Å². The molecule has 0 saturated heterocycles. The van der Waals surface area contributed by atoms with Crippen molar-refractivity contribution in [3.05, 3.63) is 83.7 Å². The first-order chi connectivity index (χ1) is 19.8. The average molecular weight is 661 g/mol. The average Bonchev–Trinajstić information content (AvgIpc) is 2.98. The monoisotopic (exact) mass is 659 g/mol.